The molecule has 0 amide bonds. The fourth-order valence-electron chi connectivity index (χ4n) is 5.98. The van der Waals surface area contributed by atoms with E-state index in [2.05, 4.69) is 20.1 Å². The molecule has 192 valence electrons. The first-order valence-corrected chi connectivity index (χ1v) is 13.5. The highest BCUT2D eigenvalue weighted by Gasteiger charge is 2.34. The molecule has 0 spiro atoms. The number of piperazine rings is 1. The summed E-state index contributed by atoms with van der Waals surface area (Å²) in [7, 11) is 0. The fourth-order valence-corrected chi connectivity index (χ4v) is 5.98. The summed E-state index contributed by atoms with van der Waals surface area (Å²) in [5, 5.41) is 16.3. The summed E-state index contributed by atoms with van der Waals surface area (Å²) in [5.41, 5.74) is 1.05. The smallest absolute Gasteiger partial charge is 0.228 e. The van der Waals surface area contributed by atoms with E-state index in [9.17, 15) is 5.11 Å². The van der Waals surface area contributed by atoms with Crippen molar-refractivity contribution >= 4 is 33.4 Å². The molecular formula is C29H33FN6O. The molecule has 0 saturated carbocycles. The molecule has 2 aromatic heterocycles. The predicted octanol–water partition coefficient (Wildman–Crippen LogP) is 5.26. The molecule has 3 aliphatic heterocycles. The first-order chi connectivity index (χ1) is 18.1. The van der Waals surface area contributed by atoms with Gasteiger partial charge in [-0.15, -0.1) is 0 Å². The van der Waals surface area contributed by atoms with Gasteiger partial charge in [0.25, 0.3) is 0 Å². The van der Waals surface area contributed by atoms with Crippen LogP contribution >= 0.6 is 0 Å². The average Bonchev–Trinajstić information content (AvgIpc) is 3.59. The van der Waals surface area contributed by atoms with Gasteiger partial charge in [0.1, 0.15) is 22.8 Å². The second-order valence-electron chi connectivity index (χ2n) is 9.98. The summed E-state index contributed by atoms with van der Waals surface area (Å²) in [6, 6.07) is 11.8. The van der Waals surface area contributed by atoms with Crippen molar-refractivity contribution in [2.24, 2.45) is 0 Å². The van der Waals surface area contributed by atoms with Crippen LogP contribution in [0.3, 0.4) is 0 Å². The number of fused-ring (bicyclic) bond motifs is 4. The number of phenols is 1. The minimum absolute atomic E-state index is 0.0809. The molecule has 8 heteroatoms. The molecule has 7 rings (SSSR count). The van der Waals surface area contributed by atoms with Crippen LogP contribution in [0.25, 0.3) is 32.9 Å². The van der Waals surface area contributed by atoms with Crippen molar-refractivity contribution in [3.63, 3.8) is 0 Å². The second kappa shape index (κ2) is 9.74. The topological polar surface area (TPSA) is 77.4 Å². The molecule has 2 atom stereocenters. The number of nitrogens with one attached hydrogen (secondary N) is 1. The van der Waals surface area contributed by atoms with E-state index in [0.717, 1.165) is 68.5 Å². The summed E-state index contributed by atoms with van der Waals surface area (Å²) in [4.78, 5) is 18.7. The molecule has 2 unspecified atom stereocenters. The molecule has 7 nitrogen and oxygen atoms in total. The van der Waals surface area contributed by atoms with Crippen molar-refractivity contribution in [3.05, 3.63) is 48.4 Å². The summed E-state index contributed by atoms with van der Waals surface area (Å²) in [6.45, 7) is 7.47. The highest BCUT2D eigenvalue weighted by atomic mass is 19.1. The van der Waals surface area contributed by atoms with Gasteiger partial charge in [-0.05, 0) is 48.6 Å². The van der Waals surface area contributed by atoms with E-state index in [4.69, 9.17) is 9.97 Å². The third kappa shape index (κ3) is 4.23. The molecule has 4 aromatic rings. The molecule has 37 heavy (non-hydrogen) atoms. The van der Waals surface area contributed by atoms with Crippen LogP contribution in [0.5, 0.6) is 5.75 Å². The van der Waals surface area contributed by atoms with Gasteiger partial charge >= 0.3 is 0 Å². The Bertz CT molecular complexity index is 1440. The normalized spacial score (nSPS) is 20.9. The van der Waals surface area contributed by atoms with Crippen molar-refractivity contribution in [1.82, 2.24) is 20.3 Å². The summed E-state index contributed by atoms with van der Waals surface area (Å²) in [5.74, 6) is 0.972. The number of nitrogens with zero attached hydrogens (tertiary/aromatic N) is 5. The van der Waals surface area contributed by atoms with E-state index in [1.165, 1.54) is 0 Å². The number of pyridine rings is 1. The lowest BCUT2D eigenvalue weighted by molar-refractivity contribution is 0.464. The third-order valence-electron chi connectivity index (χ3n) is 7.66. The molecule has 2 aromatic carbocycles. The van der Waals surface area contributed by atoms with Gasteiger partial charge in [0.05, 0.1) is 5.39 Å². The molecule has 0 aliphatic carbocycles. The van der Waals surface area contributed by atoms with E-state index in [0.29, 0.717) is 34.5 Å². The maximum atomic E-state index is 16.3. The maximum Gasteiger partial charge on any atom is 0.228 e. The maximum absolute atomic E-state index is 16.3. The van der Waals surface area contributed by atoms with Gasteiger partial charge in [0, 0.05) is 50.0 Å². The Morgan fingerprint density at radius 2 is 1.68 bits per heavy atom. The lowest BCUT2D eigenvalue weighted by atomic mass is 10.00. The van der Waals surface area contributed by atoms with Crippen molar-refractivity contribution in [1.29, 1.82) is 0 Å². The first kappa shape index (κ1) is 23.9. The molecule has 0 radical (unpaired) electrons. The van der Waals surface area contributed by atoms with Gasteiger partial charge in [-0.1, -0.05) is 38.1 Å². The number of aromatic nitrogens is 3. The fraction of sp³-hybridized carbons (Fsp3) is 0.414. The lowest BCUT2D eigenvalue weighted by Crippen LogP contribution is -2.51. The van der Waals surface area contributed by atoms with Crippen LogP contribution in [-0.4, -0.2) is 58.3 Å². The van der Waals surface area contributed by atoms with Gasteiger partial charge in [-0.2, -0.15) is 4.98 Å². The quantitative estimate of drug-likeness (QED) is 0.398. The van der Waals surface area contributed by atoms with Crippen LogP contribution in [0.4, 0.5) is 16.2 Å². The average molecular weight is 501 g/mol. The van der Waals surface area contributed by atoms with Gasteiger partial charge in [0.2, 0.25) is 5.95 Å². The number of hydrogen-bond donors (Lipinski definition) is 2. The Morgan fingerprint density at radius 3 is 2.43 bits per heavy atom. The summed E-state index contributed by atoms with van der Waals surface area (Å²) in [6.07, 6.45) is 6.20. The van der Waals surface area contributed by atoms with Crippen LogP contribution in [0.1, 0.15) is 39.5 Å². The SMILES string of the molecule is CC.Oc1cc(-c2ncc3c(N4CC5CCC(C4)N5)nc(N4CCCC4)nc3c2F)c2ccccc2c1. The minimum atomic E-state index is -0.472. The minimum Gasteiger partial charge on any atom is -0.508 e. The monoisotopic (exact) mass is 500 g/mol. The van der Waals surface area contributed by atoms with Crippen LogP contribution < -0.4 is 15.1 Å². The van der Waals surface area contributed by atoms with Crippen LogP contribution in [0.2, 0.25) is 0 Å². The van der Waals surface area contributed by atoms with E-state index in [1.54, 1.807) is 18.3 Å². The van der Waals surface area contributed by atoms with Gasteiger partial charge in [-0.25, -0.2) is 9.37 Å². The van der Waals surface area contributed by atoms with E-state index >= 15 is 4.39 Å². The van der Waals surface area contributed by atoms with E-state index < -0.39 is 5.82 Å². The Morgan fingerprint density at radius 1 is 0.946 bits per heavy atom. The van der Waals surface area contributed by atoms with Crippen molar-refractivity contribution < 1.29 is 9.50 Å². The molecular weight excluding hydrogens is 467 g/mol. The Balaban J connectivity index is 0.00000123. The molecule has 5 heterocycles. The van der Waals surface area contributed by atoms with Gasteiger partial charge in [-0.3, -0.25) is 4.98 Å². The molecule has 3 fully saturated rings. The molecule has 2 N–H and O–H groups in total. The van der Waals surface area contributed by atoms with E-state index in [-0.39, 0.29) is 11.4 Å². The highest BCUT2D eigenvalue weighted by Crippen LogP contribution is 2.37. The lowest BCUT2D eigenvalue weighted by Gasteiger charge is -2.34. The van der Waals surface area contributed by atoms with Gasteiger partial charge < -0.3 is 20.2 Å². The number of hydrogen-bond acceptors (Lipinski definition) is 7. The van der Waals surface area contributed by atoms with Crippen LogP contribution in [0.15, 0.2) is 42.6 Å². The largest absolute Gasteiger partial charge is 0.508 e. The standard InChI is InChI=1S/C27H27FN6O.C2H6/c28-23-24(21-12-19(35)11-16-5-1-2-6-20(16)21)29-13-22-25(23)31-27(33-9-3-4-10-33)32-26(22)34-14-17-7-8-18(15-34)30-17;1-2/h1-2,5-6,11-13,17-18,30,35H,3-4,7-10,14-15H2;1-2H3. The zero-order chi connectivity index (χ0) is 25.5. The van der Waals surface area contributed by atoms with Crippen LogP contribution in [0, 0.1) is 5.82 Å². The third-order valence-corrected chi connectivity index (χ3v) is 7.66. The molecule has 3 saturated heterocycles. The van der Waals surface area contributed by atoms with Crippen LogP contribution in [-0.2, 0) is 0 Å². The second-order valence-corrected chi connectivity index (χ2v) is 9.98. The Hall–Kier alpha value is -3.52. The Kier molecular flexibility index (Phi) is 6.28. The van der Waals surface area contributed by atoms with Crippen molar-refractivity contribution in [3.8, 4) is 17.0 Å². The molecule has 2 bridgehead atoms. The number of aromatic hydroxyl groups is 1. The zero-order valence-corrected chi connectivity index (χ0v) is 21.4. The Labute approximate surface area is 216 Å². The summed E-state index contributed by atoms with van der Waals surface area (Å²) < 4.78 is 16.3. The number of phenolic OH excluding ortho intramolecular Hbond substituents is 1. The number of halogens is 1. The van der Waals surface area contributed by atoms with E-state index in [1.807, 2.05) is 38.1 Å². The highest BCUT2D eigenvalue weighted by molar-refractivity contribution is 6.00. The first-order valence-electron chi connectivity index (χ1n) is 13.5. The number of rotatable bonds is 3. The number of anilines is 2. The number of benzene rings is 2. The van der Waals surface area contributed by atoms with Crippen molar-refractivity contribution in [2.45, 2.75) is 51.6 Å². The molecule has 3 aliphatic rings. The predicted molar refractivity (Wildman–Crippen MR) is 147 cm³/mol. The zero-order valence-electron chi connectivity index (χ0n) is 21.4. The summed E-state index contributed by atoms with van der Waals surface area (Å²) >= 11 is 0. The van der Waals surface area contributed by atoms with Crippen molar-refractivity contribution in [2.75, 3.05) is 36.0 Å². The van der Waals surface area contributed by atoms with Gasteiger partial charge in [0.15, 0.2) is 5.82 Å².